The van der Waals surface area contributed by atoms with Crippen LogP contribution in [0.25, 0.3) is 0 Å². The predicted molar refractivity (Wildman–Crippen MR) is 110 cm³/mol. The van der Waals surface area contributed by atoms with Crippen LogP contribution >= 0.6 is 0 Å². The summed E-state index contributed by atoms with van der Waals surface area (Å²) < 4.78 is 21.4. The van der Waals surface area contributed by atoms with E-state index in [0.29, 0.717) is 30.2 Å². The van der Waals surface area contributed by atoms with Crippen molar-refractivity contribution in [1.29, 1.82) is 0 Å². The van der Waals surface area contributed by atoms with Gasteiger partial charge in [-0.25, -0.2) is 0 Å². The van der Waals surface area contributed by atoms with Gasteiger partial charge in [0.25, 0.3) is 5.91 Å². The van der Waals surface area contributed by atoms with Crippen LogP contribution in [0.3, 0.4) is 0 Å². The molecule has 0 spiro atoms. The zero-order valence-corrected chi connectivity index (χ0v) is 17.4. The summed E-state index contributed by atoms with van der Waals surface area (Å²) >= 11 is 0. The highest BCUT2D eigenvalue weighted by Gasteiger charge is 2.24. The second-order valence-corrected chi connectivity index (χ2v) is 6.85. The highest BCUT2D eigenvalue weighted by Crippen LogP contribution is 2.26. The maximum atomic E-state index is 12.9. The van der Waals surface area contributed by atoms with Gasteiger partial charge in [0.15, 0.2) is 0 Å². The van der Waals surface area contributed by atoms with Crippen molar-refractivity contribution in [3.63, 3.8) is 0 Å². The number of methoxy groups -OCH3 is 4. The molecule has 1 amide bonds. The fraction of sp³-hybridized carbons (Fsp3) is 0.409. The minimum Gasteiger partial charge on any atom is -0.497 e. The summed E-state index contributed by atoms with van der Waals surface area (Å²) in [6.45, 7) is 3.63. The molecule has 0 atom stereocenters. The molecule has 2 aromatic rings. The molecule has 7 nitrogen and oxygen atoms in total. The third kappa shape index (κ3) is 4.92. The van der Waals surface area contributed by atoms with Crippen molar-refractivity contribution in [1.82, 2.24) is 9.80 Å². The Labute approximate surface area is 171 Å². The van der Waals surface area contributed by atoms with E-state index in [-0.39, 0.29) is 5.91 Å². The van der Waals surface area contributed by atoms with Crippen LogP contribution in [0.1, 0.15) is 15.9 Å². The molecular weight excluding hydrogens is 372 g/mol. The zero-order valence-electron chi connectivity index (χ0n) is 17.4. The maximum absolute atomic E-state index is 12.9. The molecule has 0 aliphatic carbocycles. The number of hydrogen-bond acceptors (Lipinski definition) is 6. The molecule has 1 fully saturated rings. The van der Waals surface area contributed by atoms with Gasteiger partial charge in [0.05, 0.1) is 28.4 Å². The van der Waals surface area contributed by atoms with Gasteiger partial charge in [-0.1, -0.05) is 0 Å². The van der Waals surface area contributed by atoms with Gasteiger partial charge in [0.2, 0.25) is 0 Å². The Morgan fingerprint density at radius 1 is 0.793 bits per heavy atom. The topological polar surface area (TPSA) is 60.5 Å². The van der Waals surface area contributed by atoms with Gasteiger partial charge in [-0.05, 0) is 30.3 Å². The zero-order chi connectivity index (χ0) is 20.8. The van der Waals surface area contributed by atoms with Crippen LogP contribution in [0.15, 0.2) is 36.4 Å². The van der Waals surface area contributed by atoms with Gasteiger partial charge in [-0.15, -0.1) is 0 Å². The first-order valence-electron chi connectivity index (χ1n) is 9.53. The molecule has 0 saturated carbocycles. The highest BCUT2D eigenvalue weighted by molar-refractivity contribution is 5.95. The van der Waals surface area contributed by atoms with Gasteiger partial charge in [0.1, 0.15) is 23.0 Å². The lowest BCUT2D eigenvalue weighted by molar-refractivity contribution is 0.0626. The molecule has 1 aliphatic heterocycles. The number of rotatable bonds is 7. The summed E-state index contributed by atoms with van der Waals surface area (Å²) in [6, 6.07) is 11.1. The number of nitrogens with zero attached hydrogens (tertiary/aromatic N) is 2. The summed E-state index contributed by atoms with van der Waals surface area (Å²) in [5.41, 5.74) is 1.65. The second kappa shape index (κ2) is 9.52. The minimum absolute atomic E-state index is 0.0131. The van der Waals surface area contributed by atoms with Crippen LogP contribution in [0, 0.1) is 0 Å². The van der Waals surface area contributed by atoms with E-state index in [2.05, 4.69) is 4.90 Å². The number of carbonyl (C=O) groups is 1. The Morgan fingerprint density at radius 3 is 1.97 bits per heavy atom. The first-order valence-corrected chi connectivity index (χ1v) is 9.53. The van der Waals surface area contributed by atoms with E-state index in [9.17, 15) is 4.79 Å². The largest absolute Gasteiger partial charge is 0.497 e. The average Bonchev–Trinajstić information content (AvgIpc) is 2.78. The van der Waals surface area contributed by atoms with Gasteiger partial charge in [0, 0.05) is 49.9 Å². The third-order valence-electron chi connectivity index (χ3n) is 5.14. The standard InChI is InChI=1S/C22H28N2O5/c1-26-18-5-6-21(29-4)17(13-18)15-23-7-9-24(10-8-23)22(25)16-11-19(27-2)14-20(12-16)28-3/h5-6,11-14H,7-10,15H2,1-4H3. The number of hydrogen-bond donors (Lipinski definition) is 0. The van der Waals surface area contributed by atoms with Crippen molar-refractivity contribution in [2.24, 2.45) is 0 Å². The average molecular weight is 400 g/mol. The van der Waals surface area contributed by atoms with Crippen LogP contribution in [-0.2, 0) is 6.54 Å². The van der Waals surface area contributed by atoms with Crippen molar-refractivity contribution < 1.29 is 23.7 Å². The Balaban J connectivity index is 1.64. The molecule has 1 aliphatic rings. The monoisotopic (exact) mass is 400 g/mol. The number of piperazine rings is 1. The fourth-order valence-electron chi connectivity index (χ4n) is 3.47. The van der Waals surface area contributed by atoms with E-state index in [1.165, 1.54) is 0 Å². The lowest BCUT2D eigenvalue weighted by atomic mass is 10.1. The molecule has 0 aromatic heterocycles. The van der Waals surface area contributed by atoms with E-state index < -0.39 is 0 Å². The van der Waals surface area contributed by atoms with Crippen molar-refractivity contribution in [2.45, 2.75) is 6.54 Å². The van der Waals surface area contributed by atoms with E-state index in [0.717, 1.165) is 36.7 Å². The molecule has 0 radical (unpaired) electrons. The van der Waals surface area contributed by atoms with Gasteiger partial charge in [-0.3, -0.25) is 9.69 Å². The Kier molecular flexibility index (Phi) is 6.82. The first-order chi connectivity index (χ1) is 14.1. The SMILES string of the molecule is COc1cc(OC)cc(C(=O)N2CCN(Cc3cc(OC)ccc3OC)CC2)c1. The molecule has 29 heavy (non-hydrogen) atoms. The van der Waals surface area contributed by atoms with Crippen LogP contribution in [0.2, 0.25) is 0 Å². The molecule has 0 bridgehead atoms. The summed E-state index contributed by atoms with van der Waals surface area (Å²) in [6.07, 6.45) is 0. The first kappa shape index (κ1) is 20.8. The summed E-state index contributed by atoms with van der Waals surface area (Å²) in [5.74, 6) is 2.85. The third-order valence-corrected chi connectivity index (χ3v) is 5.14. The number of amides is 1. The predicted octanol–water partition coefficient (Wildman–Crippen LogP) is 2.68. The molecule has 1 heterocycles. The van der Waals surface area contributed by atoms with Gasteiger partial charge >= 0.3 is 0 Å². The van der Waals surface area contributed by atoms with Crippen LogP contribution in [-0.4, -0.2) is 70.3 Å². The molecule has 0 unspecified atom stereocenters. The smallest absolute Gasteiger partial charge is 0.254 e. The lowest BCUT2D eigenvalue weighted by Gasteiger charge is -2.35. The number of benzene rings is 2. The summed E-state index contributed by atoms with van der Waals surface area (Å²) in [5, 5.41) is 0. The summed E-state index contributed by atoms with van der Waals surface area (Å²) in [7, 11) is 6.48. The Morgan fingerprint density at radius 2 is 1.41 bits per heavy atom. The van der Waals surface area contributed by atoms with Crippen molar-refractivity contribution >= 4 is 5.91 Å². The van der Waals surface area contributed by atoms with E-state index >= 15 is 0 Å². The van der Waals surface area contributed by atoms with Crippen molar-refractivity contribution in [3.05, 3.63) is 47.5 Å². The van der Waals surface area contributed by atoms with Crippen LogP contribution < -0.4 is 18.9 Å². The molecule has 7 heteroatoms. The normalized spacial score (nSPS) is 14.4. The second-order valence-electron chi connectivity index (χ2n) is 6.85. The fourth-order valence-corrected chi connectivity index (χ4v) is 3.47. The molecule has 3 rings (SSSR count). The Hall–Kier alpha value is -2.93. The quantitative estimate of drug-likeness (QED) is 0.712. The lowest BCUT2D eigenvalue weighted by Crippen LogP contribution is -2.48. The van der Waals surface area contributed by atoms with Crippen molar-refractivity contribution in [3.8, 4) is 23.0 Å². The summed E-state index contributed by atoms with van der Waals surface area (Å²) in [4.78, 5) is 17.1. The molecule has 156 valence electrons. The van der Waals surface area contributed by atoms with Crippen molar-refractivity contribution in [2.75, 3.05) is 54.6 Å². The van der Waals surface area contributed by atoms with Gasteiger partial charge < -0.3 is 23.8 Å². The Bertz CT molecular complexity index is 825. The van der Waals surface area contributed by atoms with E-state index in [4.69, 9.17) is 18.9 Å². The molecule has 2 aromatic carbocycles. The van der Waals surface area contributed by atoms with Crippen LogP contribution in [0.5, 0.6) is 23.0 Å². The number of carbonyl (C=O) groups excluding carboxylic acids is 1. The van der Waals surface area contributed by atoms with E-state index in [1.807, 2.05) is 23.1 Å². The van der Waals surface area contributed by atoms with E-state index in [1.54, 1.807) is 46.6 Å². The van der Waals surface area contributed by atoms with Gasteiger partial charge in [-0.2, -0.15) is 0 Å². The molecular formula is C22H28N2O5. The molecule has 1 saturated heterocycles. The molecule has 0 N–H and O–H groups in total. The minimum atomic E-state index is -0.0131. The number of ether oxygens (including phenoxy) is 4. The highest BCUT2D eigenvalue weighted by atomic mass is 16.5. The maximum Gasteiger partial charge on any atom is 0.254 e. The van der Waals surface area contributed by atoms with Crippen LogP contribution in [0.4, 0.5) is 0 Å².